The molecule has 2 aliphatic rings. The van der Waals surface area contributed by atoms with Crippen molar-refractivity contribution in [2.45, 2.75) is 65.3 Å². The molecule has 0 aliphatic heterocycles. The van der Waals surface area contributed by atoms with Crippen molar-refractivity contribution in [2.24, 2.45) is 17.3 Å². The highest BCUT2D eigenvalue weighted by atomic mass is 35.5. The molecule has 2 rings (SSSR count). The maximum atomic E-state index is 12.6. The van der Waals surface area contributed by atoms with E-state index in [4.69, 9.17) is 11.6 Å². The van der Waals surface area contributed by atoms with Crippen LogP contribution < -0.4 is 0 Å². The Morgan fingerprint density at radius 1 is 1.11 bits per heavy atom. The predicted molar refractivity (Wildman–Crippen MR) is 80.4 cm³/mol. The highest BCUT2D eigenvalue weighted by Gasteiger charge is 2.38. The monoisotopic (exact) mass is 285 g/mol. The normalized spacial score (nSPS) is 28.2. The quantitative estimate of drug-likeness (QED) is 0.713. The molecular weight excluding hydrogens is 258 g/mol. The van der Waals surface area contributed by atoms with Gasteiger partial charge in [0.1, 0.15) is 0 Å². The Bertz CT molecular complexity index is 311. The molecule has 0 aromatic rings. The number of amides is 1. The molecule has 0 saturated heterocycles. The van der Waals surface area contributed by atoms with Crippen molar-refractivity contribution in [3.05, 3.63) is 0 Å². The first-order valence-corrected chi connectivity index (χ1v) is 8.33. The largest absolute Gasteiger partial charge is 0.338 e. The molecule has 0 N–H and O–H groups in total. The fourth-order valence-corrected chi connectivity index (χ4v) is 3.57. The molecule has 19 heavy (non-hydrogen) atoms. The third-order valence-electron chi connectivity index (χ3n) is 4.90. The number of hydrogen-bond acceptors (Lipinski definition) is 1. The van der Waals surface area contributed by atoms with Gasteiger partial charge in [-0.15, -0.1) is 11.6 Å². The number of nitrogens with zero attached hydrogens (tertiary/aromatic N) is 1. The highest BCUT2D eigenvalue weighted by molar-refractivity contribution is 6.18. The predicted octanol–water partition coefficient (Wildman–Crippen LogP) is 4.07. The van der Waals surface area contributed by atoms with E-state index in [1.54, 1.807) is 0 Å². The van der Waals surface area contributed by atoms with E-state index >= 15 is 0 Å². The van der Waals surface area contributed by atoms with Crippen LogP contribution in [0, 0.1) is 17.3 Å². The first-order valence-electron chi connectivity index (χ1n) is 7.80. The third kappa shape index (κ3) is 3.87. The average Bonchev–Trinajstić information content (AvgIpc) is 3.18. The number of carbonyl (C=O) groups is 1. The second-order valence-electron chi connectivity index (χ2n) is 7.37. The molecule has 0 atom stereocenters. The van der Waals surface area contributed by atoms with Crippen molar-refractivity contribution < 1.29 is 4.79 Å². The second-order valence-corrected chi connectivity index (χ2v) is 7.74. The van der Waals surface area contributed by atoms with Crippen LogP contribution in [0.1, 0.15) is 59.3 Å². The maximum Gasteiger partial charge on any atom is 0.225 e. The van der Waals surface area contributed by atoms with E-state index in [2.05, 4.69) is 25.7 Å². The minimum atomic E-state index is 0.266. The summed E-state index contributed by atoms with van der Waals surface area (Å²) in [6.07, 6.45) is 6.93. The summed E-state index contributed by atoms with van der Waals surface area (Å²) < 4.78 is 0. The van der Waals surface area contributed by atoms with Gasteiger partial charge in [-0.1, -0.05) is 20.8 Å². The van der Waals surface area contributed by atoms with Crippen molar-refractivity contribution in [3.8, 4) is 0 Å². The van der Waals surface area contributed by atoms with Gasteiger partial charge in [-0.3, -0.25) is 4.79 Å². The number of alkyl halides is 1. The SMILES string of the molecule is CC(C)(C)C1CCC(C(=O)N(CCCl)C2CC2)CC1. The van der Waals surface area contributed by atoms with Crippen LogP contribution in [0.2, 0.25) is 0 Å². The standard InChI is InChI=1S/C16H28ClNO/c1-16(2,3)13-6-4-12(5-7-13)15(19)18(11-10-17)14-8-9-14/h12-14H,4-11H2,1-3H3. The van der Waals surface area contributed by atoms with Gasteiger partial charge in [-0.25, -0.2) is 0 Å². The fourth-order valence-electron chi connectivity index (χ4n) is 3.39. The molecule has 0 unspecified atom stereocenters. The van der Waals surface area contributed by atoms with E-state index in [9.17, 15) is 4.79 Å². The topological polar surface area (TPSA) is 20.3 Å². The smallest absolute Gasteiger partial charge is 0.225 e. The molecule has 2 aliphatic carbocycles. The zero-order valence-corrected chi connectivity index (χ0v) is 13.4. The summed E-state index contributed by atoms with van der Waals surface area (Å²) in [5.74, 6) is 2.00. The van der Waals surface area contributed by atoms with Crippen LogP contribution in [-0.2, 0) is 4.79 Å². The zero-order valence-electron chi connectivity index (χ0n) is 12.6. The third-order valence-corrected chi connectivity index (χ3v) is 5.07. The van der Waals surface area contributed by atoms with Crippen molar-refractivity contribution in [1.82, 2.24) is 4.90 Å². The van der Waals surface area contributed by atoms with E-state index in [1.807, 2.05) is 0 Å². The summed E-state index contributed by atoms with van der Waals surface area (Å²) in [7, 11) is 0. The molecule has 110 valence electrons. The van der Waals surface area contributed by atoms with Gasteiger partial charge in [0.2, 0.25) is 5.91 Å². The van der Waals surface area contributed by atoms with Crippen LogP contribution in [0.15, 0.2) is 0 Å². The van der Waals surface area contributed by atoms with Crippen LogP contribution in [0.4, 0.5) is 0 Å². The Morgan fingerprint density at radius 2 is 1.68 bits per heavy atom. The van der Waals surface area contributed by atoms with Crippen molar-refractivity contribution >= 4 is 17.5 Å². The first-order chi connectivity index (χ1) is 8.93. The summed E-state index contributed by atoms with van der Waals surface area (Å²) in [6.45, 7) is 7.71. The van der Waals surface area contributed by atoms with Gasteiger partial charge >= 0.3 is 0 Å². The fraction of sp³-hybridized carbons (Fsp3) is 0.938. The Kier molecular flexibility index (Phi) is 4.81. The van der Waals surface area contributed by atoms with Crippen LogP contribution in [0.25, 0.3) is 0 Å². The van der Waals surface area contributed by atoms with Crippen LogP contribution >= 0.6 is 11.6 Å². The first kappa shape index (κ1) is 15.2. The van der Waals surface area contributed by atoms with E-state index in [1.165, 1.54) is 25.7 Å². The van der Waals surface area contributed by atoms with Gasteiger partial charge in [0.05, 0.1) is 0 Å². The van der Waals surface area contributed by atoms with Gasteiger partial charge < -0.3 is 4.90 Å². The lowest BCUT2D eigenvalue weighted by Gasteiger charge is -2.38. The molecule has 3 heteroatoms. The van der Waals surface area contributed by atoms with E-state index in [-0.39, 0.29) is 5.92 Å². The minimum Gasteiger partial charge on any atom is -0.338 e. The molecular formula is C16H28ClNO. The van der Waals surface area contributed by atoms with Gasteiger partial charge in [0.25, 0.3) is 0 Å². The zero-order chi connectivity index (χ0) is 14.0. The van der Waals surface area contributed by atoms with E-state index < -0.39 is 0 Å². The lowest BCUT2D eigenvalue weighted by Crippen LogP contribution is -2.41. The van der Waals surface area contributed by atoms with Gasteiger partial charge in [-0.05, 0) is 49.9 Å². The highest BCUT2D eigenvalue weighted by Crippen LogP contribution is 2.41. The molecule has 0 heterocycles. The van der Waals surface area contributed by atoms with Crippen LogP contribution in [0.3, 0.4) is 0 Å². The van der Waals surface area contributed by atoms with Gasteiger partial charge in [0.15, 0.2) is 0 Å². The van der Waals surface area contributed by atoms with Crippen molar-refractivity contribution in [3.63, 3.8) is 0 Å². The van der Waals surface area contributed by atoms with Crippen LogP contribution in [-0.4, -0.2) is 29.3 Å². The molecule has 0 radical (unpaired) electrons. The summed E-state index contributed by atoms with van der Waals surface area (Å²) >= 11 is 5.84. The molecule has 2 nitrogen and oxygen atoms in total. The Labute approximate surface area is 122 Å². The lowest BCUT2D eigenvalue weighted by molar-refractivity contribution is -0.137. The van der Waals surface area contributed by atoms with Crippen molar-refractivity contribution in [2.75, 3.05) is 12.4 Å². The van der Waals surface area contributed by atoms with Gasteiger partial charge in [0, 0.05) is 24.4 Å². The summed E-state index contributed by atoms with van der Waals surface area (Å²) in [5, 5.41) is 0. The number of hydrogen-bond donors (Lipinski definition) is 0. The molecule has 0 bridgehead atoms. The molecule has 0 aromatic carbocycles. The lowest BCUT2D eigenvalue weighted by atomic mass is 9.69. The minimum absolute atomic E-state index is 0.266. The Hall–Kier alpha value is -0.240. The number of rotatable bonds is 4. The number of halogens is 1. The van der Waals surface area contributed by atoms with Crippen molar-refractivity contribution in [1.29, 1.82) is 0 Å². The maximum absolute atomic E-state index is 12.6. The summed E-state index contributed by atoms with van der Waals surface area (Å²) in [6, 6.07) is 0.506. The Morgan fingerprint density at radius 3 is 2.11 bits per heavy atom. The molecule has 1 amide bonds. The second kappa shape index (κ2) is 6.03. The molecule has 2 saturated carbocycles. The Balaban J connectivity index is 1.87. The molecule has 0 spiro atoms. The average molecular weight is 286 g/mol. The van der Waals surface area contributed by atoms with Crippen LogP contribution in [0.5, 0.6) is 0 Å². The molecule has 2 fully saturated rings. The molecule has 0 aromatic heterocycles. The summed E-state index contributed by atoms with van der Waals surface area (Å²) in [5.41, 5.74) is 0.389. The van der Waals surface area contributed by atoms with E-state index in [0.29, 0.717) is 23.2 Å². The van der Waals surface area contributed by atoms with Gasteiger partial charge in [-0.2, -0.15) is 0 Å². The van der Waals surface area contributed by atoms with E-state index in [0.717, 1.165) is 25.3 Å². The number of carbonyl (C=O) groups excluding carboxylic acids is 1. The summed E-state index contributed by atoms with van der Waals surface area (Å²) in [4.78, 5) is 14.7.